The van der Waals surface area contributed by atoms with Crippen LogP contribution in [0.2, 0.25) is 0 Å². The summed E-state index contributed by atoms with van der Waals surface area (Å²) in [6.45, 7) is 11.4. The molecule has 1 aromatic carbocycles. The highest BCUT2D eigenvalue weighted by Crippen LogP contribution is 2.27. The lowest BCUT2D eigenvalue weighted by Gasteiger charge is -2.31. The minimum absolute atomic E-state index is 0.0206. The average molecular weight is 462 g/mol. The van der Waals surface area contributed by atoms with Gasteiger partial charge in [-0.1, -0.05) is 38.0 Å². The van der Waals surface area contributed by atoms with Crippen LogP contribution in [0.1, 0.15) is 63.3 Å². The Balaban J connectivity index is 3.30. The molecule has 2 unspecified atom stereocenters. The highest BCUT2D eigenvalue weighted by molar-refractivity contribution is 7.80. The molecule has 0 aliphatic heterocycles. The molecule has 0 fully saturated rings. The standard InChI is InChI=1S/C24H35N3O4S/c1-8-10-14-25-21(28)20(18-13-11-12-16(3)17(18)4)27(9-2)22(29)19(15-32)26-23(30)31-24(5,6)7/h2,11-13,19-20,32H,8,10,14-15H2,1,3-7H3,(H,25,28)(H,26,30). The Bertz CT molecular complexity index is 858. The molecule has 2 N–H and O–H groups in total. The van der Waals surface area contributed by atoms with Crippen LogP contribution in [0.5, 0.6) is 0 Å². The number of amides is 3. The van der Waals surface area contributed by atoms with Crippen molar-refractivity contribution in [1.82, 2.24) is 15.5 Å². The summed E-state index contributed by atoms with van der Waals surface area (Å²) in [5.41, 5.74) is 1.72. The van der Waals surface area contributed by atoms with Gasteiger partial charge in [-0.3, -0.25) is 14.5 Å². The quantitative estimate of drug-likeness (QED) is 0.227. The fourth-order valence-electron chi connectivity index (χ4n) is 3.02. The summed E-state index contributed by atoms with van der Waals surface area (Å²) in [7, 11) is 0. The first-order valence-corrected chi connectivity index (χ1v) is 11.3. The Morgan fingerprint density at radius 1 is 1.25 bits per heavy atom. The van der Waals surface area contributed by atoms with E-state index in [0.29, 0.717) is 12.1 Å². The first-order chi connectivity index (χ1) is 15.0. The van der Waals surface area contributed by atoms with E-state index < -0.39 is 29.7 Å². The third kappa shape index (κ3) is 7.79. The second-order valence-electron chi connectivity index (χ2n) is 8.55. The Labute approximate surface area is 197 Å². The second-order valence-corrected chi connectivity index (χ2v) is 8.92. The fraction of sp³-hybridized carbons (Fsp3) is 0.542. The van der Waals surface area contributed by atoms with Gasteiger partial charge in [-0.05, 0) is 57.7 Å². The smallest absolute Gasteiger partial charge is 0.408 e. The summed E-state index contributed by atoms with van der Waals surface area (Å²) in [5, 5.41) is 5.37. The molecule has 0 saturated carbocycles. The van der Waals surface area contributed by atoms with E-state index in [1.807, 2.05) is 32.9 Å². The minimum atomic E-state index is -1.07. The van der Waals surface area contributed by atoms with Crippen LogP contribution in [-0.4, -0.2) is 46.7 Å². The molecule has 8 heteroatoms. The molecule has 176 valence electrons. The van der Waals surface area contributed by atoms with Crippen molar-refractivity contribution in [2.75, 3.05) is 12.3 Å². The molecule has 0 bridgehead atoms. The van der Waals surface area contributed by atoms with Gasteiger partial charge in [0, 0.05) is 18.3 Å². The molecule has 32 heavy (non-hydrogen) atoms. The lowest BCUT2D eigenvalue weighted by atomic mass is 9.95. The molecule has 7 nitrogen and oxygen atoms in total. The third-order valence-electron chi connectivity index (χ3n) is 4.83. The van der Waals surface area contributed by atoms with E-state index in [1.54, 1.807) is 26.8 Å². The molecule has 0 heterocycles. The Morgan fingerprint density at radius 3 is 2.44 bits per heavy atom. The van der Waals surface area contributed by atoms with Gasteiger partial charge in [0.05, 0.1) is 0 Å². The van der Waals surface area contributed by atoms with Crippen LogP contribution in [0, 0.1) is 26.3 Å². The molecular formula is C24H35N3O4S. The minimum Gasteiger partial charge on any atom is -0.444 e. The number of nitrogens with one attached hydrogen (secondary N) is 2. The van der Waals surface area contributed by atoms with Crippen molar-refractivity contribution in [3.8, 4) is 12.5 Å². The van der Waals surface area contributed by atoms with Crippen molar-refractivity contribution in [3.05, 3.63) is 34.9 Å². The number of ether oxygens (including phenoxy) is 1. The van der Waals surface area contributed by atoms with Crippen LogP contribution in [-0.2, 0) is 14.3 Å². The number of thiol groups is 1. The number of rotatable bonds is 9. The number of alkyl carbamates (subject to hydrolysis) is 1. The first kappa shape index (κ1) is 27.4. The normalized spacial score (nSPS) is 12.8. The molecule has 0 spiro atoms. The van der Waals surface area contributed by atoms with Crippen LogP contribution < -0.4 is 10.6 Å². The van der Waals surface area contributed by atoms with Gasteiger partial charge >= 0.3 is 6.09 Å². The van der Waals surface area contributed by atoms with Crippen molar-refractivity contribution in [3.63, 3.8) is 0 Å². The van der Waals surface area contributed by atoms with Crippen LogP contribution in [0.3, 0.4) is 0 Å². The van der Waals surface area contributed by atoms with Crippen LogP contribution in [0.4, 0.5) is 4.79 Å². The highest BCUT2D eigenvalue weighted by atomic mass is 32.1. The molecule has 1 aromatic rings. The lowest BCUT2D eigenvalue weighted by Crippen LogP contribution is -2.52. The molecule has 0 saturated heterocycles. The van der Waals surface area contributed by atoms with Gasteiger partial charge in [0.2, 0.25) is 5.91 Å². The van der Waals surface area contributed by atoms with E-state index >= 15 is 0 Å². The predicted octanol–water partition coefficient (Wildman–Crippen LogP) is 3.50. The van der Waals surface area contributed by atoms with Crippen molar-refractivity contribution < 1.29 is 19.1 Å². The zero-order valence-electron chi connectivity index (χ0n) is 19.8. The number of carbonyl (C=O) groups is 3. The second kappa shape index (κ2) is 12.4. The summed E-state index contributed by atoms with van der Waals surface area (Å²) in [4.78, 5) is 39.8. The fourth-order valence-corrected chi connectivity index (χ4v) is 3.27. The summed E-state index contributed by atoms with van der Waals surface area (Å²) in [6, 6.07) is 5.75. The maximum absolute atomic E-state index is 13.3. The molecule has 0 aromatic heterocycles. The summed E-state index contributed by atoms with van der Waals surface area (Å²) < 4.78 is 5.24. The molecule has 0 radical (unpaired) electrons. The lowest BCUT2D eigenvalue weighted by molar-refractivity contribution is -0.138. The van der Waals surface area contributed by atoms with Gasteiger partial charge in [-0.15, -0.1) is 0 Å². The van der Waals surface area contributed by atoms with Gasteiger partial charge in [0.1, 0.15) is 17.7 Å². The molecular weight excluding hydrogens is 426 g/mol. The van der Waals surface area contributed by atoms with E-state index in [-0.39, 0.29) is 11.7 Å². The van der Waals surface area contributed by atoms with Gasteiger partial charge in [0.15, 0.2) is 0 Å². The number of aryl methyl sites for hydroxylation is 1. The van der Waals surface area contributed by atoms with E-state index in [4.69, 9.17) is 11.2 Å². The number of hydrogen-bond acceptors (Lipinski definition) is 5. The number of terminal acetylenes is 1. The zero-order chi connectivity index (χ0) is 24.5. The Morgan fingerprint density at radius 2 is 1.91 bits per heavy atom. The molecule has 0 aliphatic rings. The maximum atomic E-state index is 13.3. The number of unbranched alkanes of at least 4 members (excludes halogenated alkanes) is 1. The van der Waals surface area contributed by atoms with Crippen LogP contribution in [0.25, 0.3) is 0 Å². The SMILES string of the molecule is C#CN(C(=O)C(CS)NC(=O)OC(C)(C)C)C(C(=O)NCCCC)c1cccc(C)c1C. The van der Waals surface area contributed by atoms with E-state index in [2.05, 4.69) is 29.3 Å². The van der Waals surface area contributed by atoms with Crippen LogP contribution >= 0.6 is 12.6 Å². The molecule has 3 amide bonds. The third-order valence-corrected chi connectivity index (χ3v) is 5.19. The average Bonchev–Trinajstić information content (AvgIpc) is 2.71. The summed E-state index contributed by atoms with van der Waals surface area (Å²) >= 11 is 4.20. The van der Waals surface area contributed by atoms with E-state index in [0.717, 1.165) is 28.9 Å². The number of carbonyl (C=O) groups excluding carboxylic acids is 3. The van der Waals surface area contributed by atoms with Crippen molar-refractivity contribution in [2.45, 2.75) is 72.1 Å². The topological polar surface area (TPSA) is 87.7 Å². The Kier molecular flexibility index (Phi) is 10.6. The Hall–Kier alpha value is -2.66. The van der Waals surface area contributed by atoms with E-state index in [1.165, 1.54) is 0 Å². The zero-order valence-corrected chi connectivity index (χ0v) is 20.7. The van der Waals surface area contributed by atoms with Crippen molar-refractivity contribution in [2.24, 2.45) is 0 Å². The number of nitrogens with zero attached hydrogens (tertiary/aromatic N) is 1. The van der Waals surface area contributed by atoms with Gasteiger partial charge in [-0.25, -0.2) is 4.79 Å². The van der Waals surface area contributed by atoms with Crippen LogP contribution in [0.15, 0.2) is 18.2 Å². The van der Waals surface area contributed by atoms with E-state index in [9.17, 15) is 14.4 Å². The van der Waals surface area contributed by atoms with Gasteiger partial charge in [-0.2, -0.15) is 12.6 Å². The van der Waals surface area contributed by atoms with Gasteiger partial charge < -0.3 is 15.4 Å². The van der Waals surface area contributed by atoms with Gasteiger partial charge in [0.25, 0.3) is 5.91 Å². The predicted molar refractivity (Wildman–Crippen MR) is 129 cm³/mol. The van der Waals surface area contributed by atoms with Crippen molar-refractivity contribution >= 4 is 30.5 Å². The number of hydrogen-bond donors (Lipinski definition) is 3. The van der Waals surface area contributed by atoms with Crippen molar-refractivity contribution in [1.29, 1.82) is 0 Å². The summed E-state index contributed by atoms with van der Waals surface area (Å²) in [6.07, 6.45) is 6.67. The summed E-state index contributed by atoms with van der Waals surface area (Å²) in [5.74, 6) is -1.02. The molecule has 1 rings (SSSR count). The molecule has 0 aliphatic carbocycles. The first-order valence-electron chi connectivity index (χ1n) is 10.7. The number of benzene rings is 1. The molecule has 2 atom stereocenters. The maximum Gasteiger partial charge on any atom is 0.408 e. The largest absolute Gasteiger partial charge is 0.444 e. The highest BCUT2D eigenvalue weighted by Gasteiger charge is 2.36. The monoisotopic (exact) mass is 461 g/mol.